The summed E-state index contributed by atoms with van der Waals surface area (Å²) in [7, 11) is 0. The van der Waals surface area contributed by atoms with Gasteiger partial charge in [0.1, 0.15) is 0 Å². The minimum Gasteiger partial charge on any atom is -0.449 e. The maximum Gasteiger partial charge on any atom is 0.414 e. The van der Waals surface area contributed by atoms with E-state index in [1.165, 1.54) is 5.56 Å². The molecule has 0 saturated carbocycles. The van der Waals surface area contributed by atoms with Crippen molar-refractivity contribution in [2.75, 3.05) is 18.1 Å². The fourth-order valence-electron chi connectivity index (χ4n) is 2.26. The normalized spacial score (nSPS) is 19.8. The number of nitrogens with zero attached hydrogens (tertiary/aromatic N) is 1. The fraction of sp³-hybridized carbons (Fsp3) is 0.500. The van der Waals surface area contributed by atoms with Crippen molar-refractivity contribution in [1.82, 2.24) is 0 Å². The summed E-state index contributed by atoms with van der Waals surface area (Å²) in [4.78, 5) is 13.5. The minimum absolute atomic E-state index is 0.0312. The first kappa shape index (κ1) is 12.9. The Morgan fingerprint density at radius 2 is 2.11 bits per heavy atom. The van der Waals surface area contributed by atoms with E-state index in [4.69, 9.17) is 9.84 Å². The van der Waals surface area contributed by atoms with Gasteiger partial charge in [-0.05, 0) is 30.5 Å². The molecule has 1 atom stereocenters. The number of hydrogen-bond acceptors (Lipinski definition) is 3. The highest BCUT2D eigenvalue weighted by Gasteiger charge is 2.30. The number of aliphatic hydroxyl groups excluding tert-OH is 1. The zero-order valence-corrected chi connectivity index (χ0v) is 10.6. The fourth-order valence-corrected chi connectivity index (χ4v) is 2.26. The molecule has 1 amide bonds. The van der Waals surface area contributed by atoms with Gasteiger partial charge >= 0.3 is 6.09 Å². The Morgan fingerprint density at radius 3 is 2.72 bits per heavy atom. The van der Waals surface area contributed by atoms with Crippen molar-refractivity contribution in [3.63, 3.8) is 0 Å². The molecule has 0 bridgehead atoms. The molecule has 1 saturated heterocycles. The molecule has 1 aromatic rings. The molecule has 18 heavy (non-hydrogen) atoms. The van der Waals surface area contributed by atoms with Crippen LogP contribution in [0.1, 0.15) is 25.3 Å². The molecule has 1 aliphatic rings. The van der Waals surface area contributed by atoms with Gasteiger partial charge in [0.15, 0.2) is 0 Å². The third kappa shape index (κ3) is 2.64. The highest BCUT2D eigenvalue weighted by atomic mass is 16.6. The summed E-state index contributed by atoms with van der Waals surface area (Å²) in [6, 6.07) is 7.95. The van der Waals surface area contributed by atoms with Crippen LogP contribution in [0.5, 0.6) is 0 Å². The van der Waals surface area contributed by atoms with Crippen LogP contribution in [0.15, 0.2) is 24.3 Å². The van der Waals surface area contributed by atoms with E-state index in [1.807, 2.05) is 24.3 Å². The quantitative estimate of drug-likeness (QED) is 0.891. The van der Waals surface area contributed by atoms with Gasteiger partial charge in [0.2, 0.25) is 0 Å². The Bertz CT molecular complexity index is 400. The number of aryl methyl sites for hydroxylation is 1. The van der Waals surface area contributed by atoms with E-state index in [-0.39, 0.29) is 18.7 Å². The Balaban J connectivity index is 2.22. The molecule has 4 heteroatoms. The SMILES string of the molecule is CCc1ccc(N2C(=O)OCCC2CCO)cc1. The van der Waals surface area contributed by atoms with Crippen LogP contribution in [0.4, 0.5) is 10.5 Å². The largest absolute Gasteiger partial charge is 0.449 e. The molecule has 1 N–H and O–H groups in total. The standard InChI is InChI=1S/C14H19NO3/c1-2-11-3-5-12(6-4-11)15-13(7-9-16)8-10-18-14(15)17/h3-6,13,16H,2,7-10H2,1H3. The zero-order valence-electron chi connectivity index (χ0n) is 10.6. The summed E-state index contributed by atoms with van der Waals surface area (Å²) >= 11 is 0. The predicted molar refractivity (Wildman–Crippen MR) is 69.8 cm³/mol. The number of amides is 1. The van der Waals surface area contributed by atoms with Crippen molar-refractivity contribution < 1.29 is 14.6 Å². The Kier molecular flexibility index (Phi) is 4.20. The van der Waals surface area contributed by atoms with E-state index in [9.17, 15) is 4.79 Å². The minimum atomic E-state index is -0.316. The van der Waals surface area contributed by atoms with E-state index in [2.05, 4.69) is 6.92 Å². The van der Waals surface area contributed by atoms with Gasteiger partial charge in [-0.2, -0.15) is 0 Å². The lowest BCUT2D eigenvalue weighted by Crippen LogP contribution is -2.46. The number of ether oxygens (including phenoxy) is 1. The van der Waals surface area contributed by atoms with Gasteiger partial charge in [-0.1, -0.05) is 19.1 Å². The van der Waals surface area contributed by atoms with Crippen LogP contribution in [0.3, 0.4) is 0 Å². The topological polar surface area (TPSA) is 49.8 Å². The number of aliphatic hydroxyl groups is 1. The molecular formula is C14H19NO3. The maximum absolute atomic E-state index is 11.9. The van der Waals surface area contributed by atoms with E-state index in [0.29, 0.717) is 13.0 Å². The average Bonchev–Trinajstić information content (AvgIpc) is 2.40. The molecule has 4 nitrogen and oxygen atoms in total. The summed E-state index contributed by atoms with van der Waals surface area (Å²) in [6.07, 6.45) is 2.01. The number of hydrogen-bond donors (Lipinski definition) is 1. The van der Waals surface area contributed by atoms with Crippen LogP contribution in [-0.4, -0.2) is 30.5 Å². The van der Waals surface area contributed by atoms with Gasteiger partial charge in [-0.25, -0.2) is 4.79 Å². The molecule has 2 rings (SSSR count). The maximum atomic E-state index is 11.9. The lowest BCUT2D eigenvalue weighted by Gasteiger charge is -2.34. The van der Waals surface area contributed by atoms with Crippen LogP contribution in [0.25, 0.3) is 0 Å². The molecule has 0 spiro atoms. The van der Waals surface area contributed by atoms with E-state index >= 15 is 0 Å². The van der Waals surface area contributed by atoms with Crippen LogP contribution >= 0.6 is 0 Å². The summed E-state index contributed by atoms with van der Waals surface area (Å²) in [5, 5.41) is 9.07. The molecule has 0 aliphatic carbocycles. The van der Waals surface area contributed by atoms with Crippen molar-refractivity contribution >= 4 is 11.8 Å². The number of carbonyl (C=O) groups excluding carboxylic acids is 1. The van der Waals surface area contributed by atoms with Gasteiger partial charge < -0.3 is 9.84 Å². The molecule has 0 radical (unpaired) electrons. The van der Waals surface area contributed by atoms with Crippen molar-refractivity contribution in [3.8, 4) is 0 Å². The molecule has 1 unspecified atom stereocenters. The first-order valence-electron chi connectivity index (χ1n) is 6.42. The number of carbonyl (C=O) groups is 1. The van der Waals surface area contributed by atoms with E-state index < -0.39 is 0 Å². The van der Waals surface area contributed by atoms with Crippen LogP contribution in [0.2, 0.25) is 0 Å². The number of rotatable bonds is 4. The first-order valence-corrected chi connectivity index (χ1v) is 6.42. The van der Waals surface area contributed by atoms with Crippen molar-refractivity contribution in [2.24, 2.45) is 0 Å². The third-order valence-corrected chi connectivity index (χ3v) is 3.32. The van der Waals surface area contributed by atoms with E-state index in [0.717, 1.165) is 18.5 Å². The second-order valence-corrected chi connectivity index (χ2v) is 4.46. The molecule has 1 aromatic carbocycles. The smallest absolute Gasteiger partial charge is 0.414 e. The number of benzene rings is 1. The molecule has 1 heterocycles. The summed E-state index contributed by atoms with van der Waals surface area (Å²) in [5.41, 5.74) is 2.08. The summed E-state index contributed by atoms with van der Waals surface area (Å²) in [6.45, 7) is 2.62. The molecule has 1 aliphatic heterocycles. The van der Waals surface area contributed by atoms with Gasteiger partial charge in [0.05, 0.1) is 6.61 Å². The summed E-state index contributed by atoms with van der Waals surface area (Å²) < 4.78 is 5.08. The monoisotopic (exact) mass is 249 g/mol. The highest BCUT2D eigenvalue weighted by Crippen LogP contribution is 2.25. The van der Waals surface area contributed by atoms with Gasteiger partial charge in [-0.3, -0.25) is 4.90 Å². The molecule has 0 aromatic heterocycles. The predicted octanol–water partition coefficient (Wildman–Crippen LogP) is 2.35. The van der Waals surface area contributed by atoms with Crippen molar-refractivity contribution in [1.29, 1.82) is 0 Å². The second-order valence-electron chi connectivity index (χ2n) is 4.46. The molecule has 1 fully saturated rings. The second kappa shape index (κ2) is 5.87. The van der Waals surface area contributed by atoms with Gasteiger partial charge in [-0.15, -0.1) is 0 Å². The van der Waals surface area contributed by atoms with Gasteiger partial charge in [0.25, 0.3) is 0 Å². The van der Waals surface area contributed by atoms with Crippen LogP contribution in [0, 0.1) is 0 Å². The Morgan fingerprint density at radius 1 is 1.39 bits per heavy atom. The van der Waals surface area contributed by atoms with Crippen molar-refractivity contribution in [3.05, 3.63) is 29.8 Å². The Labute approximate surface area is 107 Å². The number of anilines is 1. The summed E-state index contributed by atoms with van der Waals surface area (Å²) in [5.74, 6) is 0. The van der Waals surface area contributed by atoms with Crippen molar-refractivity contribution in [2.45, 2.75) is 32.2 Å². The Hall–Kier alpha value is -1.55. The number of cyclic esters (lactones) is 1. The van der Waals surface area contributed by atoms with Gasteiger partial charge in [0, 0.05) is 24.8 Å². The van der Waals surface area contributed by atoms with Crippen LogP contribution in [-0.2, 0) is 11.2 Å². The highest BCUT2D eigenvalue weighted by molar-refractivity contribution is 5.89. The first-order chi connectivity index (χ1) is 8.76. The average molecular weight is 249 g/mol. The molecular weight excluding hydrogens is 230 g/mol. The lowest BCUT2D eigenvalue weighted by atomic mass is 10.1. The third-order valence-electron chi connectivity index (χ3n) is 3.32. The van der Waals surface area contributed by atoms with E-state index in [1.54, 1.807) is 4.90 Å². The lowest BCUT2D eigenvalue weighted by molar-refractivity contribution is 0.124. The zero-order chi connectivity index (χ0) is 13.0. The van der Waals surface area contributed by atoms with Crippen LogP contribution < -0.4 is 4.90 Å². The molecule has 98 valence electrons.